The Bertz CT molecular complexity index is 482. The maximum absolute atomic E-state index is 11.8. The highest BCUT2D eigenvalue weighted by Gasteiger charge is 2.06. The van der Waals surface area contributed by atoms with E-state index in [0.29, 0.717) is 0 Å². The minimum atomic E-state index is -0.0417. The van der Waals surface area contributed by atoms with Crippen molar-refractivity contribution in [3.05, 3.63) is 51.7 Å². The zero-order valence-corrected chi connectivity index (χ0v) is 10.1. The number of hydrogen-bond donors (Lipinski definition) is 1. The van der Waals surface area contributed by atoms with Gasteiger partial charge in [0.05, 0.1) is 4.88 Å². The van der Waals surface area contributed by atoms with E-state index in [1.54, 1.807) is 0 Å². The average Bonchev–Trinajstić information content (AvgIpc) is 2.68. The molecule has 0 fully saturated rings. The van der Waals surface area contributed by atoms with Crippen LogP contribution in [-0.4, -0.2) is 5.91 Å². The van der Waals surface area contributed by atoms with Crippen LogP contribution < -0.4 is 5.32 Å². The van der Waals surface area contributed by atoms with Gasteiger partial charge in [-0.3, -0.25) is 4.79 Å². The second-order valence-corrected chi connectivity index (χ2v) is 4.76. The van der Waals surface area contributed by atoms with Gasteiger partial charge in [0, 0.05) is 5.69 Å². The van der Waals surface area contributed by atoms with Gasteiger partial charge in [-0.25, -0.2) is 0 Å². The summed E-state index contributed by atoms with van der Waals surface area (Å²) in [5.41, 5.74) is 3.17. The molecule has 2 nitrogen and oxygen atoms in total. The predicted molar refractivity (Wildman–Crippen MR) is 68.2 cm³/mol. The van der Waals surface area contributed by atoms with Crippen molar-refractivity contribution in [2.45, 2.75) is 13.8 Å². The van der Waals surface area contributed by atoms with Crippen molar-refractivity contribution in [3.8, 4) is 0 Å². The van der Waals surface area contributed by atoms with Crippen LogP contribution in [0.5, 0.6) is 0 Å². The number of aryl methyl sites for hydroxylation is 2. The average molecular weight is 231 g/mol. The lowest BCUT2D eigenvalue weighted by Gasteiger charge is -2.06. The van der Waals surface area contributed by atoms with Gasteiger partial charge in [0.25, 0.3) is 5.91 Å². The molecular formula is C13H13NOS. The molecule has 0 aliphatic heterocycles. The van der Waals surface area contributed by atoms with Crippen molar-refractivity contribution >= 4 is 22.9 Å². The molecule has 0 saturated carbocycles. The quantitative estimate of drug-likeness (QED) is 0.840. The Morgan fingerprint density at radius 3 is 2.44 bits per heavy atom. The van der Waals surface area contributed by atoms with Gasteiger partial charge in [0.2, 0.25) is 0 Å². The Hall–Kier alpha value is -1.61. The standard InChI is InChI=1S/C13H13NOS/c1-9-6-10(2)8-11(7-9)14-13(15)12-4-3-5-16-12/h3-8H,1-2H3,(H,14,15). The van der Waals surface area contributed by atoms with Crippen LogP contribution in [0.3, 0.4) is 0 Å². The summed E-state index contributed by atoms with van der Waals surface area (Å²) in [6.07, 6.45) is 0. The zero-order chi connectivity index (χ0) is 11.5. The minimum absolute atomic E-state index is 0.0417. The lowest BCUT2D eigenvalue weighted by molar-refractivity contribution is 0.103. The molecule has 0 aliphatic rings. The first-order valence-electron chi connectivity index (χ1n) is 5.08. The number of carbonyl (C=O) groups excluding carboxylic acids is 1. The van der Waals surface area contributed by atoms with E-state index in [4.69, 9.17) is 0 Å². The van der Waals surface area contributed by atoms with Crippen molar-refractivity contribution in [2.75, 3.05) is 5.32 Å². The van der Waals surface area contributed by atoms with Crippen LogP contribution in [0.4, 0.5) is 5.69 Å². The molecular weight excluding hydrogens is 218 g/mol. The SMILES string of the molecule is Cc1cc(C)cc(NC(=O)c2cccs2)c1. The van der Waals surface area contributed by atoms with Crippen molar-refractivity contribution in [1.29, 1.82) is 0 Å². The first-order chi connectivity index (χ1) is 7.65. The fourth-order valence-electron chi connectivity index (χ4n) is 1.65. The number of nitrogens with one attached hydrogen (secondary N) is 1. The molecule has 0 aliphatic carbocycles. The fraction of sp³-hybridized carbons (Fsp3) is 0.154. The lowest BCUT2D eigenvalue weighted by atomic mass is 10.1. The van der Waals surface area contributed by atoms with E-state index in [9.17, 15) is 4.79 Å². The monoisotopic (exact) mass is 231 g/mol. The molecule has 0 atom stereocenters. The van der Waals surface area contributed by atoms with Crippen LogP contribution in [0, 0.1) is 13.8 Å². The largest absolute Gasteiger partial charge is 0.321 e. The van der Waals surface area contributed by atoms with Gasteiger partial charge in [0.15, 0.2) is 0 Å². The van der Waals surface area contributed by atoms with E-state index in [2.05, 4.69) is 11.4 Å². The number of carbonyl (C=O) groups is 1. The van der Waals surface area contributed by atoms with Crippen LogP contribution >= 0.6 is 11.3 Å². The smallest absolute Gasteiger partial charge is 0.265 e. The third-order valence-electron chi connectivity index (χ3n) is 2.22. The molecule has 0 radical (unpaired) electrons. The second-order valence-electron chi connectivity index (χ2n) is 3.81. The Balaban J connectivity index is 2.18. The van der Waals surface area contributed by atoms with Gasteiger partial charge >= 0.3 is 0 Å². The molecule has 1 aromatic carbocycles. The molecule has 1 amide bonds. The Morgan fingerprint density at radius 2 is 1.88 bits per heavy atom. The Morgan fingerprint density at radius 1 is 1.19 bits per heavy atom. The Labute approximate surface area is 98.9 Å². The van der Waals surface area contributed by atoms with E-state index in [-0.39, 0.29) is 5.91 Å². The maximum atomic E-state index is 11.8. The molecule has 0 unspecified atom stereocenters. The van der Waals surface area contributed by atoms with E-state index < -0.39 is 0 Å². The molecule has 0 bridgehead atoms. The van der Waals surface area contributed by atoms with Gasteiger partial charge in [-0.1, -0.05) is 12.1 Å². The van der Waals surface area contributed by atoms with Gasteiger partial charge in [0.1, 0.15) is 0 Å². The van der Waals surface area contributed by atoms with Crippen molar-refractivity contribution in [1.82, 2.24) is 0 Å². The molecule has 82 valence electrons. The van der Waals surface area contributed by atoms with Crippen LogP contribution in [0.2, 0.25) is 0 Å². The molecule has 2 aromatic rings. The fourth-order valence-corrected chi connectivity index (χ4v) is 2.27. The van der Waals surface area contributed by atoms with Crippen LogP contribution in [0.25, 0.3) is 0 Å². The highest BCUT2D eigenvalue weighted by atomic mass is 32.1. The van der Waals surface area contributed by atoms with Gasteiger partial charge in [-0.05, 0) is 48.6 Å². The number of rotatable bonds is 2. The molecule has 1 N–H and O–H groups in total. The number of anilines is 1. The molecule has 3 heteroatoms. The van der Waals surface area contributed by atoms with Gasteiger partial charge in [-0.2, -0.15) is 0 Å². The molecule has 1 aromatic heterocycles. The third kappa shape index (κ3) is 2.49. The zero-order valence-electron chi connectivity index (χ0n) is 9.28. The molecule has 0 spiro atoms. The predicted octanol–water partition coefficient (Wildman–Crippen LogP) is 3.62. The number of hydrogen-bond acceptors (Lipinski definition) is 2. The molecule has 16 heavy (non-hydrogen) atoms. The first-order valence-corrected chi connectivity index (χ1v) is 5.96. The number of thiophene rings is 1. The molecule has 0 saturated heterocycles. The van der Waals surface area contributed by atoms with Crippen molar-refractivity contribution in [3.63, 3.8) is 0 Å². The summed E-state index contributed by atoms with van der Waals surface area (Å²) >= 11 is 1.45. The summed E-state index contributed by atoms with van der Waals surface area (Å²) in [4.78, 5) is 12.5. The van der Waals surface area contributed by atoms with Gasteiger partial charge < -0.3 is 5.32 Å². The maximum Gasteiger partial charge on any atom is 0.265 e. The normalized spacial score (nSPS) is 10.1. The van der Waals surface area contributed by atoms with E-state index in [1.165, 1.54) is 11.3 Å². The first kappa shape index (κ1) is 10.9. The van der Waals surface area contributed by atoms with Crippen molar-refractivity contribution in [2.24, 2.45) is 0 Å². The topological polar surface area (TPSA) is 29.1 Å². The highest BCUT2D eigenvalue weighted by molar-refractivity contribution is 7.12. The van der Waals surface area contributed by atoms with E-state index in [0.717, 1.165) is 21.7 Å². The molecule has 1 heterocycles. The Kier molecular flexibility index (Phi) is 3.06. The van der Waals surface area contributed by atoms with E-state index >= 15 is 0 Å². The second kappa shape index (κ2) is 4.49. The summed E-state index contributed by atoms with van der Waals surface area (Å²) in [5.74, 6) is -0.0417. The minimum Gasteiger partial charge on any atom is -0.321 e. The summed E-state index contributed by atoms with van der Waals surface area (Å²) in [6, 6.07) is 9.72. The molecule has 2 rings (SSSR count). The summed E-state index contributed by atoms with van der Waals surface area (Å²) < 4.78 is 0. The van der Waals surface area contributed by atoms with Crippen LogP contribution in [-0.2, 0) is 0 Å². The number of amides is 1. The number of benzene rings is 1. The van der Waals surface area contributed by atoms with Crippen molar-refractivity contribution < 1.29 is 4.79 Å². The van der Waals surface area contributed by atoms with Gasteiger partial charge in [-0.15, -0.1) is 11.3 Å². The van der Waals surface area contributed by atoms with Crippen LogP contribution in [0.1, 0.15) is 20.8 Å². The summed E-state index contributed by atoms with van der Waals surface area (Å²) in [5, 5.41) is 4.80. The lowest BCUT2D eigenvalue weighted by Crippen LogP contribution is -2.10. The summed E-state index contributed by atoms with van der Waals surface area (Å²) in [7, 11) is 0. The van der Waals surface area contributed by atoms with E-state index in [1.807, 2.05) is 43.5 Å². The highest BCUT2D eigenvalue weighted by Crippen LogP contribution is 2.16. The third-order valence-corrected chi connectivity index (χ3v) is 3.09. The van der Waals surface area contributed by atoms with Crippen LogP contribution in [0.15, 0.2) is 35.7 Å². The summed E-state index contributed by atoms with van der Waals surface area (Å²) in [6.45, 7) is 4.04.